The number of ether oxygens (including phenoxy) is 3. The lowest BCUT2D eigenvalue weighted by Gasteiger charge is -2.18. The smallest absolute Gasteiger partial charge is 0.306 e. The molecule has 0 spiro atoms. The van der Waals surface area contributed by atoms with Gasteiger partial charge in [-0.25, -0.2) is 0 Å². The molecule has 0 rings (SSSR count). The summed E-state index contributed by atoms with van der Waals surface area (Å²) in [5, 5.41) is 0. The molecule has 0 saturated heterocycles. The molecule has 0 bridgehead atoms. The first-order valence-corrected chi connectivity index (χ1v) is 25.1. The first-order valence-electron chi connectivity index (χ1n) is 25.1. The fraction of sp³-hybridized carbons (Fsp3) is 0.691. The minimum atomic E-state index is -0.797. The SMILES string of the molecule is CC/C=C\C/C=C\C/C=C\CCCCCCC(=O)OC(COC(=O)CCCCCCC/C=C\C/C=C\CC)COC(=O)CCCCCCCCC/C=C\C/C=C\CCCCC. The molecule has 0 amide bonds. The topological polar surface area (TPSA) is 78.9 Å². The van der Waals surface area contributed by atoms with Crippen LogP contribution in [0.1, 0.15) is 226 Å². The standard InChI is InChI=1S/C55H92O6/c1-4-7-10-13-16-19-22-25-27-28-29-31-33-36-39-42-45-48-54(57)60-51-52(50-59-53(56)47-44-41-38-35-32-24-21-18-15-12-9-6-3)61-55(58)49-46-43-40-37-34-30-26-23-20-17-14-11-8-5-2/h8-9,11-12,16-21,25-27,30,52H,4-7,10,13-15,22-24,28-29,31-51H2,1-3H3/b11-8-,12-9-,19-16-,20-17-,21-18-,27-25-,30-26-. The second-order valence-electron chi connectivity index (χ2n) is 16.3. The van der Waals surface area contributed by atoms with Gasteiger partial charge in [0.2, 0.25) is 0 Å². The van der Waals surface area contributed by atoms with Crippen LogP contribution in [0.2, 0.25) is 0 Å². The van der Waals surface area contributed by atoms with Crippen LogP contribution in [0, 0.1) is 0 Å². The molecule has 0 aromatic heterocycles. The molecule has 61 heavy (non-hydrogen) atoms. The predicted octanol–water partition coefficient (Wildman–Crippen LogP) is 16.4. The number of rotatable bonds is 44. The minimum absolute atomic E-state index is 0.0954. The summed E-state index contributed by atoms with van der Waals surface area (Å²) in [4.78, 5) is 37.9. The Morgan fingerprint density at radius 2 is 0.639 bits per heavy atom. The van der Waals surface area contributed by atoms with E-state index in [1.807, 2.05) is 0 Å². The zero-order valence-electron chi connectivity index (χ0n) is 39.7. The lowest BCUT2D eigenvalue weighted by atomic mass is 10.1. The van der Waals surface area contributed by atoms with Crippen molar-refractivity contribution in [3.63, 3.8) is 0 Å². The van der Waals surface area contributed by atoms with Gasteiger partial charge in [0.15, 0.2) is 6.10 Å². The first kappa shape index (κ1) is 57.6. The van der Waals surface area contributed by atoms with Crippen LogP contribution >= 0.6 is 0 Å². The van der Waals surface area contributed by atoms with Crippen LogP contribution < -0.4 is 0 Å². The first-order chi connectivity index (χ1) is 30.0. The van der Waals surface area contributed by atoms with Crippen LogP contribution in [-0.2, 0) is 28.6 Å². The fourth-order valence-electron chi connectivity index (χ4n) is 6.64. The molecule has 0 aliphatic carbocycles. The molecule has 0 fully saturated rings. The number of allylic oxidation sites excluding steroid dienone is 14. The van der Waals surface area contributed by atoms with Crippen LogP contribution in [-0.4, -0.2) is 37.2 Å². The quantitative estimate of drug-likeness (QED) is 0.0263. The van der Waals surface area contributed by atoms with Crippen molar-refractivity contribution in [3.05, 3.63) is 85.1 Å². The second kappa shape index (κ2) is 49.2. The highest BCUT2D eigenvalue weighted by molar-refractivity contribution is 5.71. The Hall–Kier alpha value is -3.41. The second-order valence-corrected chi connectivity index (χ2v) is 16.3. The van der Waals surface area contributed by atoms with Crippen molar-refractivity contribution in [2.45, 2.75) is 232 Å². The molecule has 6 heteroatoms. The summed E-state index contributed by atoms with van der Waals surface area (Å²) in [6, 6.07) is 0. The van der Waals surface area contributed by atoms with Gasteiger partial charge in [0, 0.05) is 19.3 Å². The molecule has 0 radical (unpaired) electrons. The maximum absolute atomic E-state index is 12.8. The summed E-state index contributed by atoms with van der Waals surface area (Å²) in [6.07, 6.45) is 62.8. The van der Waals surface area contributed by atoms with Gasteiger partial charge in [0.05, 0.1) is 0 Å². The van der Waals surface area contributed by atoms with Crippen molar-refractivity contribution in [1.82, 2.24) is 0 Å². The summed E-state index contributed by atoms with van der Waals surface area (Å²) < 4.78 is 16.7. The van der Waals surface area contributed by atoms with Gasteiger partial charge in [0.1, 0.15) is 13.2 Å². The molecule has 1 unspecified atom stereocenters. The predicted molar refractivity (Wildman–Crippen MR) is 261 cm³/mol. The van der Waals surface area contributed by atoms with E-state index in [0.717, 1.165) is 135 Å². The van der Waals surface area contributed by atoms with Crippen molar-refractivity contribution in [2.24, 2.45) is 0 Å². The average molecular weight is 849 g/mol. The van der Waals surface area contributed by atoms with Crippen molar-refractivity contribution in [1.29, 1.82) is 0 Å². The normalized spacial score (nSPS) is 12.8. The Balaban J connectivity index is 4.43. The molecule has 1 atom stereocenters. The number of hydrogen-bond acceptors (Lipinski definition) is 6. The Bertz CT molecular complexity index is 1200. The van der Waals surface area contributed by atoms with Gasteiger partial charge in [-0.05, 0) is 109 Å². The summed E-state index contributed by atoms with van der Waals surface area (Å²) in [5.74, 6) is -0.943. The number of carbonyl (C=O) groups is 3. The third-order valence-corrected chi connectivity index (χ3v) is 10.4. The monoisotopic (exact) mass is 849 g/mol. The van der Waals surface area contributed by atoms with Crippen molar-refractivity contribution >= 4 is 17.9 Å². The van der Waals surface area contributed by atoms with Gasteiger partial charge in [0.25, 0.3) is 0 Å². The average Bonchev–Trinajstić information content (AvgIpc) is 3.26. The molecule has 0 N–H and O–H groups in total. The Labute approximate surface area is 375 Å². The van der Waals surface area contributed by atoms with Crippen molar-refractivity contribution in [2.75, 3.05) is 13.2 Å². The molecule has 0 aromatic carbocycles. The highest BCUT2D eigenvalue weighted by Crippen LogP contribution is 2.13. The van der Waals surface area contributed by atoms with E-state index < -0.39 is 6.10 Å². The summed E-state index contributed by atoms with van der Waals surface area (Å²) in [7, 11) is 0. The van der Waals surface area contributed by atoms with Gasteiger partial charge >= 0.3 is 17.9 Å². The van der Waals surface area contributed by atoms with Gasteiger partial charge < -0.3 is 14.2 Å². The number of esters is 3. The Kier molecular flexibility index (Phi) is 46.5. The van der Waals surface area contributed by atoms with Crippen molar-refractivity contribution < 1.29 is 28.6 Å². The molecule has 0 aromatic rings. The van der Waals surface area contributed by atoms with E-state index in [1.165, 1.54) is 51.4 Å². The Morgan fingerprint density at radius 3 is 1.00 bits per heavy atom. The maximum atomic E-state index is 12.8. The van der Waals surface area contributed by atoms with Crippen LogP contribution in [0.25, 0.3) is 0 Å². The van der Waals surface area contributed by atoms with E-state index in [2.05, 4.69) is 106 Å². The van der Waals surface area contributed by atoms with E-state index in [9.17, 15) is 14.4 Å². The zero-order chi connectivity index (χ0) is 44.4. The molecular weight excluding hydrogens is 757 g/mol. The third kappa shape index (κ3) is 47.5. The molecule has 0 aliphatic heterocycles. The van der Waals surface area contributed by atoms with E-state index in [0.29, 0.717) is 19.3 Å². The van der Waals surface area contributed by atoms with Crippen LogP contribution in [0.4, 0.5) is 0 Å². The van der Waals surface area contributed by atoms with Gasteiger partial charge in [-0.3, -0.25) is 14.4 Å². The number of carbonyl (C=O) groups excluding carboxylic acids is 3. The number of hydrogen-bond donors (Lipinski definition) is 0. The molecule has 348 valence electrons. The molecule has 6 nitrogen and oxygen atoms in total. The highest BCUT2D eigenvalue weighted by atomic mass is 16.6. The lowest BCUT2D eigenvalue weighted by molar-refractivity contribution is -0.167. The van der Waals surface area contributed by atoms with E-state index in [1.54, 1.807) is 0 Å². The van der Waals surface area contributed by atoms with E-state index in [-0.39, 0.29) is 31.1 Å². The summed E-state index contributed by atoms with van der Waals surface area (Å²) in [5.41, 5.74) is 0. The maximum Gasteiger partial charge on any atom is 0.306 e. The van der Waals surface area contributed by atoms with Crippen LogP contribution in [0.15, 0.2) is 85.1 Å². The third-order valence-electron chi connectivity index (χ3n) is 10.4. The number of unbranched alkanes of at least 4 members (excludes halogenated alkanes) is 19. The van der Waals surface area contributed by atoms with Gasteiger partial charge in [-0.15, -0.1) is 0 Å². The van der Waals surface area contributed by atoms with Gasteiger partial charge in [-0.1, -0.05) is 183 Å². The minimum Gasteiger partial charge on any atom is -0.462 e. The summed E-state index contributed by atoms with van der Waals surface area (Å²) in [6.45, 7) is 6.34. The highest BCUT2D eigenvalue weighted by Gasteiger charge is 2.19. The zero-order valence-corrected chi connectivity index (χ0v) is 39.7. The lowest BCUT2D eigenvalue weighted by Crippen LogP contribution is -2.30. The fourth-order valence-corrected chi connectivity index (χ4v) is 6.64. The Morgan fingerprint density at radius 1 is 0.344 bits per heavy atom. The van der Waals surface area contributed by atoms with Crippen LogP contribution in [0.3, 0.4) is 0 Å². The molecular formula is C55H92O6. The van der Waals surface area contributed by atoms with E-state index in [4.69, 9.17) is 14.2 Å². The largest absolute Gasteiger partial charge is 0.462 e. The van der Waals surface area contributed by atoms with Gasteiger partial charge in [-0.2, -0.15) is 0 Å². The van der Waals surface area contributed by atoms with Crippen LogP contribution in [0.5, 0.6) is 0 Å². The van der Waals surface area contributed by atoms with Crippen molar-refractivity contribution in [3.8, 4) is 0 Å². The molecule has 0 heterocycles. The molecule has 0 saturated carbocycles. The summed E-state index contributed by atoms with van der Waals surface area (Å²) >= 11 is 0. The molecule has 0 aliphatic rings. The van der Waals surface area contributed by atoms with E-state index >= 15 is 0 Å².